The van der Waals surface area contributed by atoms with Gasteiger partial charge in [0.05, 0.1) is 34.9 Å². The monoisotopic (exact) mass is 407 g/mol. The van der Waals surface area contributed by atoms with E-state index in [2.05, 4.69) is 18.0 Å². The van der Waals surface area contributed by atoms with Crippen LogP contribution in [0.5, 0.6) is 0 Å². The van der Waals surface area contributed by atoms with Crippen LogP contribution in [0.3, 0.4) is 0 Å². The first kappa shape index (κ1) is 20.5. The number of hydrogen-bond acceptors (Lipinski definition) is 5. The van der Waals surface area contributed by atoms with Crippen molar-refractivity contribution in [2.24, 2.45) is 4.99 Å². The smallest absolute Gasteiger partial charge is 0.307 e. The van der Waals surface area contributed by atoms with Crippen LogP contribution in [0.25, 0.3) is 10.2 Å². The minimum atomic E-state index is -0.387. The van der Waals surface area contributed by atoms with Gasteiger partial charge in [-0.15, -0.1) is 0 Å². The molecule has 3 rings (SSSR count). The van der Waals surface area contributed by atoms with E-state index in [0.717, 1.165) is 16.6 Å². The van der Waals surface area contributed by atoms with E-state index in [-0.39, 0.29) is 18.3 Å². The van der Waals surface area contributed by atoms with Gasteiger partial charge in [0.1, 0.15) is 0 Å². The Morgan fingerprint density at radius 3 is 2.59 bits per heavy atom. The van der Waals surface area contributed by atoms with Gasteiger partial charge in [-0.1, -0.05) is 24.3 Å². The maximum atomic E-state index is 12.7. The molecule has 0 saturated carbocycles. The average molecular weight is 407 g/mol. The van der Waals surface area contributed by atoms with E-state index in [1.807, 2.05) is 22.8 Å². The van der Waals surface area contributed by atoms with E-state index in [9.17, 15) is 9.59 Å². The number of nitriles is 1. The van der Waals surface area contributed by atoms with Crippen molar-refractivity contribution in [3.8, 4) is 6.07 Å². The van der Waals surface area contributed by atoms with Gasteiger partial charge in [0.25, 0.3) is 5.91 Å². The number of esters is 1. The first-order valence-corrected chi connectivity index (χ1v) is 10.2. The third kappa shape index (κ3) is 4.79. The standard InChI is InChI=1S/C22H21N3O3S/c1-3-15-7-10-18-19(13-15)29-22(25(18)12-11-20(26)28-4-2)24-21(27)17-8-5-16(14-23)6-9-17/h5-10,13H,3-4,11-12H2,1-2H3. The topological polar surface area (TPSA) is 84.5 Å². The fourth-order valence-electron chi connectivity index (χ4n) is 2.91. The van der Waals surface area contributed by atoms with Crippen LogP contribution in [0, 0.1) is 11.3 Å². The molecule has 0 atom stereocenters. The normalized spacial score (nSPS) is 11.4. The van der Waals surface area contributed by atoms with Crippen molar-refractivity contribution in [3.05, 3.63) is 64.0 Å². The van der Waals surface area contributed by atoms with Crippen LogP contribution in [-0.2, 0) is 22.5 Å². The molecule has 7 heteroatoms. The van der Waals surface area contributed by atoms with Crippen LogP contribution in [0.4, 0.5) is 0 Å². The van der Waals surface area contributed by atoms with Crippen LogP contribution < -0.4 is 4.80 Å². The Bertz CT molecular complexity index is 1150. The fourth-order valence-corrected chi connectivity index (χ4v) is 4.03. The Hall–Kier alpha value is -3.24. The highest BCUT2D eigenvalue weighted by molar-refractivity contribution is 7.16. The number of ether oxygens (including phenoxy) is 1. The Morgan fingerprint density at radius 2 is 1.93 bits per heavy atom. The molecule has 0 aliphatic rings. The van der Waals surface area contributed by atoms with Crippen molar-refractivity contribution in [2.75, 3.05) is 6.61 Å². The molecule has 0 radical (unpaired) electrons. The second kappa shape index (κ2) is 9.30. The number of thiazole rings is 1. The number of aromatic nitrogens is 1. The molecule has 0 aliphatic heterocycles. The predicted molar refractivity (Wildman–Crippen MR) is 111 cm³/mol. The lowest BCUT2D eigenvalue weighted by Crippen LogP contribution is -2.19. The lowest BCUT2D eigenvalue weighted by Gasteiger charge is -2.06. The number of fused-ring (bicyclic) bond motifs is 1. The van der Waals surface area contributed by atoms with E-state index in [0.29, 0.717) is 29.1 Å². The quantitative estimate of drug-likeness (QED) is 0.581. The van der Waals surface area contributed by atoms with Gasteiger partial charge in [-0.3, -0.25) is 9.59 Å². The number of carbonyl (C=O) groups is 2. The van der Waals surface area contributed by atoms with Crippen molar-refractivity contribution in [2.45, 2.75) is 33.2 Å². The van der Waals surface area contributed by atoms with Gasteiger partial charge >= 0.3 is 5.97 Å². The Labute approximate surface area is 172 Å². The number of benzene rings is 2. The number of hydrogen-bond donors (Lipinski definition) is 0. The molecule has 0 fully saturated rings. The molecule has 3 aromatic rings. The van der Waals surface area contributed by atoms with Gasteiger partial charge in [0.15, 0.2) is 4.80 Å². The minimum Gasteiger partial charge on any atom is -0.466 e. The summed E-state index contributed by atoms with van der Waals surface area (Å²) in [7, 11) is 0. The van der Waals surface area contributed by atoms with Crippen LogP contribution in [0.1, 0.15) is 41.8 Å². The zero-order valence-corrected chi connectivity index (χ0v) is 17.2. The van der Waals surface area contributed by atoms with Crippen molar-refractivity contribution in [3.63, 3.8) is 0 Å². The summed E-state index contributed by atoms with van der Waals surface area (Å²) in [6, 6.07) is 14.5. The summed E-state index contributed by atoms with van der Waals surface area (Å²) < 4.78 is 7.93. The summed E-state index contributed by atoms with van der Waals surface area (Å²) in [5, 5.41) is 8.91. The highest BCUT2D eigenvalue weighted by Crippen LogP contribution is 2.20. The number of nitrogens with zero attached hydrogens (tertiary/aromatic N) is 3. The maximum absolute atomic E-state index is 12.7. The molecule has 0 aliphatic carbocycles. The fraction of sp³-hybridized carbons (Fsp3) is 0.273. The summed E-state index contributed by atoms with van der Waals surface area (Å²) in [6.45, 7) is 4.57. The molecular weight excluding hydrogens is 386 g/mol. The molecule has 1 amide bonds. The third-order valence-electron chi connectivity index (χ3n) is 4.46. The summed E-state index contributed by atoms with van der Waals surface area (Å²) >= 11 is 1.42. The van der Waals surface area contributed by atoms with Gasteiger partial charge in [-0.05, 0) is 55.3 Å². The van der Waals surface area contributed by atoms with Gasteiger partial charge in [-0.25, -0.2) is 0 Å². The van der Waals surface area contributed by atoms with Crippen LogP contribution in [0.2, 0.25) is 0 Å². The third-order valence-corrected chi connectivity index (χ3v) is 5.50. The molecule has 6 nitrogen and oxygen atoms in total. The van der Waals surface area contributed by atoms with E-state index >= 15 is 0 Å². The number of carbonyl (C=O) groups excluding carboxylic acids is 2. The molecule has 29 heavy (non-hydrogen) atoms. The molecule has 0 saturated heterocycles. The lowest BCUT2D eigenvalue weighted by molar-refractivity contribution is -0.143. The molecule has 1 aromatic heterocycles. The first-order chi connectivity index (χ1) is 14.0. The van der Waals surface area contributed by atoms with Gasteiger partial charge < -0.3 is 9.30 Å². The second-order valence-corrected chi connectivity index (χ2v) is 7.36. The second-order valence-electron chi connectivity index (χ2n) is 6.35. The van der Waals surface area contributed by atoms with E-state index < -0.39 is 0 Å². The highest BCUT2D eigenvalue weighted by Gasteiger charge is 2.12. The molecule has 148 valence electrons. The first-order valence-electron chi connectivity index (χ1n) is 9.42. The largest absolute Gasteiger partial charge is 0.466 e. The predicted octanol–water partition coefficient (Wildman–Crippen LogP) is 3.83. The SMILES string of the molecule is CCOC(=O)CCn1c(=NC(=O)c2ccc(C#N)cc2)sc2cc(CC)ccc21. The van der Waals surface area contributed by atoms with Crippen molar-refractivity contribution < 1.29 is 14.3 Å². The summed E-state index contributed by atoms with van der Waals surface area (Å²) in [4.78, 5) is 29.3. The van der Waals surface area contributed by atoms with Crippen molar-refractivity contribution >= 4 is 33.4 Å². The summed E-state index contributed by atoms with van der Waals surface area (Å²) in [5.41, 5.74) is 3.02. The van der Waals surface area contributed by atoms with E-state index in [1.165, 1.54) is 16.9 Å². The highest BCUT2D eigenvalue weighted by atomic mass is 32.1. The Balaban J connectivity index is 2.02. The van der Waals surface area contributed by atoms with Crippen LogP contribution in [-0.4, -0.2) is 23.1 Å². The zero-order chi connectivity index (χ0) is 20.8. The molecule has 0 spiro atoms. The molecule has 0 bridgehead atoms. The molecular formula is C22H21N3O3S. The number of amides is 1. The maximum Gasteiger partial charge on any atom is 0.307 e. The molecule has 2 aromatic carbocycles. The van der Waals surface area contributed by atoms with Crippen LogP contribution >= 0.6 is 11.3 Å². The Morgan fingerprint density at radius 1 is 1.17 bits per heavy atom. The van der Waals surface area contributed by atoms with Gasteiger partial charge in [0, 0.05) is 12.1 Å². The zero-order valence-electron chi connectivity index (χ0n) is 16.3. The molecule has 0 N–H and O–H groups in total. The van der Waals surface area contributed by atoms with Gasteiger partial charge in [-0.2, -0.15) is 10.3 Å². The van der Waals surface area contributed by atoms with Crippen molar-refractivity contribution in [1.82, 2.24) is 4.57 Å². The molecule has 1 heterocycles. The Kier molecular flexibility index (Phi) is 6.57. The minimum absolute atomic E-state index is 0.202. The summed E-state index contributed by atoms with van der Waals surface area (Å²) in [6.07, 6.45) is 1.11. The summed E-state index contributed by atoms with van der Waals surface area (Å²) in [5.74, 6) is -0.671. The van der Waals surface area contributed by atoms with E-state index in [1.54, 1.807) is 31.2 Å². The lowest BCUT2D eigenvalue weighted by atomic mass is 10.1. The van der Waals surface area contributed by atoms with Gasteiger partial charge in [0.2, 0.25) is 0 Å². The van der Waals surface area contributed by atoms with E-state index in [4.69, 9.17) is 10.00 Å². The average Bonchev–Trinajstić information content (AvgIpc) is 3.08. The number of rotatable bonds is 6. The van der Waals surface area contributed by atoms with Crippen LogP contribution in [0.15, 0.2) is 47.5 Å². The number of aryl methyl sites for hydroxylation is 2. The van der Waals surface area contributed by atoms with Crippen molar-refractivity contribution in [1.29, 1.82) is 5.26 Å². The molecule has 0 unspecified atom stereocenters.